The number of pyridine rings is 1. The van der Waals surface area contributed by atoms with Crippen molar-refractivity contribution < 1.29 is 28.7 Å². The average molecular weight is 612 g/mol. The molecule has 45 heavy (non-hydrogen) atoms. The van der Waals surface area contributed by atoms with E-state index in [1.807, 2.05) is 36.5 Å². The predicted molar refractivity (Wildman–Crippen MR) is 170 cm³/mol. The van der Waals surface area contributed by atoms with E-state index in [0.29, 0.717) is 23.6 Å². The Balaban J connectivity index is 1.38. The van der Waals surface area contributed by atoms with Crippen molar-refractivity contribution in [2.75, 3.05) is 19.8 Å². The number of hydrogen-bond acceptors (Lipinski definition) is 9. The van der Waals surface area contributed by atoms with Crippen molar-refractivity contribution in [2.45, 2.75) is 46.1 Å². The third kappa shape index (κ3) is 8.73. The second-order valence-corrected chi connectivity index (χ2v) is 10.6. The average Bonchev–Trinajstić information content (AvgIpc) is 3.01. The maximum absolute atomic E-state index is 13.6. The molecule has 1 N–H and O–H groups in total. The zero-order valence-corrected chi connectivity index (χ0v) is 25.8. The third-order valence-corrected chi connectivity index (χ3v) is 7.19. The summed E-state index contributed by atoms with van der Waals surface area (Å²) < 4.78 is 16.8. The van der Waals surface area contributed by atoms with Crippen molar-refractivity contribution in [1.29, 1.82) is 0 Å². The number of ether oxygens (including phenoxy) is 3. The van der Waals surface area contributed by atoms with E-state index >= 15 is 0 Å². The van der Waals surface area contributed by atoms with Gasteiger partial charge in [0.25, 0.3) is 5.69 Å². The Labute approximate surface area is 262 Å². The molecule has 2 unspecified atom stereocenters. The van der Waals surface area contributed by atoms with Gasteiger partial charge in [-0.3, -0.25) is 15.1 Å². The van der Waals surface area contributed by atoms with Gasteiger partial charge in [-0.25, -0.2) is 9.59 Å². The molecule has 2 heterocycles. The molecular weight excluding hydrogens is 574 g/mol. The minimum absolute atomic E-state index is 0.125. The van der Waals surface area contributed by atoms with Crippen LogP contribution >= 0.6 is 0 Å². The van der Waals surface area contributed by atoms with Gasteiger partial charge in [0.05, 0.1) is 41.8 Å². The second-order valence-electron chi connectivity index (χ2n) is 10.6. The molecule has 1 aromatic heterocycles. The summed E-state index contributed by atoms with van der Waals surface area (Å²) in [4.78, 5) is 41.8. The number of allylic oxidation sites excluding steroid dienone is 2. The van der Waals surface area contributed by atoms with Crippen molar-refractivity contribution in [3.05, 3.63) is 134 Å². The fraction of sp³-hybridized carbons (Fsp3) is 0.286. The number of benzene rings is 2. The van der Waals surface area contributed by atoms with Crippen molar-refractivity contribution in [2.24, 2.45) is 0 Å². The number of esters is 2. The standard InChI is InChI=1S/C35H37N3O7/c1-5-44-34(39)31-24(3)37-25(4)32(33(31)29-11-6-12-30(20-29)38(41)42)35(40)45-23(2)22-43-18-8-10-26-13-15-27(16-14-26)19-28-9-7-17-36-21-28/h6-17,20-21,23,33,37H,5,18-19,22H2,1-4H3/b10-8+. The van der Waals surface area contributed by atoms with Crippen LogP contribution in [-0.2, 0) is 30.2 Å². The normalized spacial score (nSPS) is 15.5. The lowest BCUT2D eigenvalue weighted by Crippen LogP contribution is -2.34. The van der Waals surface area contributed by atoms with E-state index in [1.165, 1.54) is 23.8 Å². The number of hydrogen-bond donors (Lipinski definition) is 1. The number of dihydropyridines is 1. The quantitative estimate of drug-likeness (QED) is 0.106. The molecular formula is C35H37N3O7. The Morgan fingerprint density at radius 3 is 2.42 bits per heavy atom. The van der Waals surface area contributed by atoms with E-state index < -0.39 is 28.9 Å². The maximum Gasteiger partial charge on any atom is 0.337 e. The molecule has 0 amide bonds. The highest BCUT2D eigenvalue weighted by atomic mass is 16.6. The van der Waals surface area contributed by atoms with Crippen molar-refractivity contribution in [3.8, 4) is 0 Å². The first-order chi connectivity index (χ1) is 21.7. The zero-order valence-electron chi connectivity index (χ0n) is 25.8. The summed E-state index contributed by atoms with van der Waals surface area (Å²) in [5.74, 6) is -2.21. The molecule has 1 aliphatic heterocycles. The van der Waals surface area contributed by atoms with E-state index in [4.69, 9.17) is 14.2 Å². The van der Waals surface area contributed by atoms with Crippen LogP contribution in [0.25, 0.3) is 6.08 Å². The number of nitrogens with one attached hydrogen (secondary N) is 1. The van der Waals surface area contributed by atoms with Gasteiger partial charge in [0.2, 0.25) is 0 Å². The predicted octanol–water partition coefficient (Wildman–Crippen LogP) is 6.04. The smallest absolute Gasteiger partial charge is 0.337 e. The summed E-state index contributed by atoms with van der Waals surface area (Å²) in [5.41, 5.74) is 4.95. The largest absolute Gasteiger partial charge is 0.463 e. The lowest BCUT2D eigenvalue weighted by Gasteiger charge is -2.31. The first kappa shape index (κ1) is 32.8. The lowest BCUT2D eigenvalue weighted by molar-refractivity contribution is -0.384. The van der Waals surface area contributed by atoms with Crippen molar-refractivity contribution >= 4 is 23.7 Å². The maximum atomic E-state index is 13.6. The summed E-state index contributed by atoms with van der Waals surface area (Å²) in [6, 6.07) is 18.1. The SMILES string of the molecule is CCOC(=O)C1=C(C)NC(C)=C(C(=O)OC(C)COC/C=C/c2ccc(Cc3cccnc3)cc2)C1c1cccc([N+](=O)[O-])c1. The molecule has 0 bridgehead atoms. The summed E-state index contributed by atoms with van der Waals surface area (Å²) in [6.07, 6.45) is 7.68. The Morgan fingerprint density at radius 2 is 1.76 bits per heavy atom. The zero-order chi connectivity index (χ0) is 32.3. The van der Waals surface area contributed by atoms with E-state index in [1.54, 1.807) is 40.0 Å². The van der Waals surface area contributed by atoms with Crippen LogP contribution in [0.15, 0.2) is 102 Å². The van der Waals surface area contributed by atoms with Crippen LogP contribution in [0.2, 0.25) is 0 Å². The Kier molecular flexibility index (Phi) is 11.4. The summed E-state index contributed by atoms with van der Waals surface area (Å²) >= 11 is 0. The summed E-state index contributed by atoms with van der Waals surface area (Å²) in [7, 11) is 0. The van der Waals surface area contributed by atoms with Crippen molar-refractivity contribution in [3.63, 3.8) is 0 Å². The van der Waals surface area contributed by atoms with Crippen LogP contribution < -0.4 is 5.32 Å². The Morgan fingerprint density at radius 1 is 1.02 bits per heavy atom. The Hall–Kier alpha value is -5.09. The van der Waals surface area contributed by atoms with Crippen LogP contribution in [0.5, 0.6) is 0 Å². The van der Waals surface area contributed by atoms with Gasteiger partial charge < -0.3 is 19.5 Å². The monoisotopic (exact) mass is 611 g/mol. The molecule has 4 rings (SSSR count). The topological polar surface area (TPSA) is 130 Å². The number of carbonyl (C=O) groups excluding carboxylic acids is 2. The molecule has 0 saturated heterocycles. The molecule has 0 fully saturated rings. The lowest BCUT2D eigenvalue weighted by atomic mass is 9.80. The van der Waals surface area contributed by atoms with E-state index in [0.717, 1.165) is 17.5 Å². The van der Waals surface area contributed by atoms with E-state index in [-0.39, 0.29) is 30.0 Å². The molecule has 234 valence electrons. The first-order valence-electron chi connectivity index (χ1n) is 14.7. The molecule has 10 heteroatoms. The number of aromatic nitrogens is 1. The molecule has 0 radical (unpaired) electrons. The highest BCUT2D eigenvalue weighted by molar-refractivity contribution is 6.00. The van der Waals surface area contributed by atoms with E-state index in [2.05, 4.69) is 28.5 Å². The molecule has 10 nitrogen and oxygen atoms in total. The molecule has 3 aromatic rings. The van der Waals surface area contributed by atoms with Gasteiger partial charge in [0.15, 0.2) is 0 Å². The number of nitrogens with zero attached hydrogens (tertiary/aromatic N) is 2. The van der Waals surface area contributed by atoms with Crippen LogP contribution in [0.3, 0.4) is 0 Å². The van der Waals surface area contributed by atoms with Gasteiger partial charge in [-0.15, -0.1) is 0 Å². The molecule has 2 atom stereocenters. The van der Waals surface area contributed by atoms with Crippen LogP contribution in [0, 0.1) is 10.1 Å². The molecule has 1 aliphatic rings. The molecule has 2 aromatic carbocycles. The van der Waals surface area contributed by atoms with Crippen LogP contribution in [-0.4, -0.2) is 47.8 Å². The minimum atomic E-state index is -0.926. The van der Waals surface area contributed by atoms with Gasteiger partial charge in [0, 0.05) is 35.9 Å². The highest BCUT2D eigenvalue weighted by Crippen LogP contribution is 2.40. The third-order valence-electron chi connectivity index (χ3n) is 7.19. The van der Waals surface area contributed by atoms with Gasteiger partial charge in [-0.2, -0.15) is 0 Å². The molecule has 0 saturated carbocycles. The van der Waals surface area contributed by atoms with Gasteiger partial charge in [-0.1, -0.05) is 54.6 Å². The van der Waals surface area contributed by atoms with Crippen molar-refractivity contribution in [1.82, 2.24) is 10.3 Å². The van der Waals surface area contributed by atoms with Crippen LogP contribution in [0.1, 0.15) is 55.9 Å². The van der Waals surface area contributed by atoms with Gasteiger partial charge >= 0.3 is 11.9 Å². The molecule has 0 spiro atoms. The minimum Gasteiger partial charge on any atom is -0.463 e. The van der Waals surface area contributed by atoms with Gasteiger partial charge in [0.1, 0.15) is 6.10 Å². The highest BCUT2D eigenvalue weighted by Gasteiger charge is 2.39. The number of non-ortho nitro benzene ring substituents is 1. The first-order valence-corrected chi connectivity index (χ1v) is 14.7. The van der Waals surface area contributed by atoms with Crippen LogP contribution in [0.4, 0.5) is 5.69 Å². The number of rotatable bonds is 13. The molecule has 0 aliphatic carbocycles. The number of nitro benzene ring substituents is 1. The fourth-order valence-corrected chi connectivity index (χ4v) is 5.15. The van der Waals surface area contributed by atoms with E-state index in [9.17, 15) is 19.7 Å². The summed E-state index contributed by atoms with van der Waals surface area (Å²) in [5, 5.41) is 14.6. The second kappa shape index (κ2) is 15.6. The van der Waals surface area contributed by atoms with Gasteiger partial charge in [-0.05, 0) is 62.4 Å². The summed E-state index contributed by atoms with van der Waals surface area (Å²) in [6.45, 7) is 7.37. The number of carbonyl (C=O) groups is 2. The fourth-order valence-electron chi connectivity index (χ4n) is 5.15. The Bertz CT molecular complexity index is 1610. The number of nitro groups is 1.